The number of carbonyl (C=O) groups is 1. The Kier molecular flexibility index (Phi) is 3.18. The number of aromatic nitrogens is 1. The molecule has 2 N–H and O–H groups in total. The first-order valence-corrected chi connectivity index (χ1v) is 5.94. The molecule has 0 amide bonds. The van der Waals surface area contributed by atoms with Crippen molar-refractivity contribution in [2.24, 2.45) is 0 Å². The van der Waals surface area contributed by atoms with Crippen LogP contribution in [0.15, 0.2) is 18.2 Å². The molecule has 1 aromatic carbocycles. The maximum Gasteiger partial charge on any atom is 0.303 e. The lowest BCUT2D eigenvalue weighted by atomic mass is 10.1. The highest BCUT2D eigenvalue weighted by atomic mass is 16.4. The van der Waals surface area contributed by atoms with Crippen LogP contribution in [0.25, 0.3) is 10.9 Å². The van der Waals surface area contributed by atoms with Gasteiger partial charge in [-0.2, -0.15) is 0 Å². The van der Waals surface area contributed by atoms with Gasteiger partial charge in [0.25, 0.3) is 0 Å². The van der Waals surface area contributed by atoms with E-state index in [0.717, 1.165) is 17.6 Å². The predicted molar refractivity (Wildman–Crippen MR) is 68.4 cm³/mol. The number of para-hydroxylation sites is 1. The molecule has 0 spiro atoms. The van der Waals surface area contributed by atoms with Crippen LogP contribution in [-0.2, 0) is 17.6 Å². The molecule has 0 unspecified atom stereocenters. The van der Waals surface area contributed by atoms with Gasteiger partial charge in [0.05, 0.1) is 6.42 Å². The lowest BCUT2D eigenvalue weighted by molar-refractivity contribution is -0.136. The first-order chi connectivity index (χ1) is 8.13. The maximum absolute atomic E-state index is 10.6. The van der Waals surface area contributed by atoms with Crippen molar-refractivity contribution >= 4 is 16.9 Å². The van der Waals surface area contributed by atoms with Crippen molar-refractivity contribution < 1.29 is 9.90 Å². The highest BCUT2D eigenvalue weighted by molar-refractivity contribution is 5.87. The van der Waals surface area contributed by atoms with Crippen LogP contribution >= 0.6 is 0 Å². The van der Waals surface area contributed by atoms with Gasteiger partial charge in [0.15, 0.2) is 0 Å². The van der Waals surface area contributed by atoms with Gasteiger partial charge in [0, 0.05) is 16.6 Å². The van der Waals surface area contributed by atoms with Crippen LogP contribution in [-0.4, -0.2) is 16.1 Å². The van der Waals surface area contributed by atoms with E-state index in [1.807, 2.05) is 0 Å². The summed E-state index contributed by atoms with van der Waals surface area (Å²) in [5.41, 5.74) is 4.67. The van der Waals surface area contributed by atoms with E-state index in [1.165, 1.54) is 16.5 Å². The van der Waals surface area contributed by atoms with Crippen molar-refractivity contribution in [3.63, 3.8) is 0 Å². The smallest absolute Gasteiger partial charge is 0.303 e. The number of aliphatic carboxylic acids is 1. The standard InChI is InChI=1S/C14H17NO2/c1-3-10-5-4-6-11-9(2)12(15-14(10)11)7-8-13(16)17/h4-6,15H,3,7-8H2,1-2H3,(H,16,17). The number of benzene rings is 1. The molecule has 90 valence electrons. The fourth-order valence-electron chi connectivity index (χ4n) is 2.24. The van der Waals surface area contributed by atoms with Crippen LogP contribution in [0, 0.1) is 6.92 Å². The van der Waals surface area contributed by atoms with Gasteiger partial charge in [0.1, 0.15) is 0 Å². The molecule has 3 heteroatoms. The van der Waals surface area contributed by atoms with Gasteiger partial charge in [-0.1, -0.05) is 25.1 Å². The van der Waals surface area contributed by atoms with Gasteiger partial charge >= 0.3 is 5.97 Å². The number of carboxylic acid groups (broad SMARTS) is 1. The van der Waals surface area contributed by atoms with Gasteiger partial charge in [-0.05, 0) is 30.9 Å². The highest BCUT2D eigenvalue weighted by Gasteiger charge is 2.10. The number of fused-ring (bicyclic) bond motifs is 1. The highest BCUT2D eigenvalue weighted by Crippen LogP contribution is 2.25. The summed E-state index contributed by atoms with van der Waals surface area (Å²) in [6, 6.07) is 6.26. The number of carboxylic acids is 1. The largest absolute Gasteiger partial charge is 0.481 e. The predicted octanol–water partition coefficient (Wildman–Crippen LogP) is 3.06. The number of rotatable bonds is 4. The lowest BCUT2D eigenvalue weighted by Gasteiger charge is -1.98. The molecule has 3 nitrogen and oxygen atoms in total. The van der Waals surface area contributed by atoms with Crippen LogP contribution in [0.5, 0.6) is 0 Å². The van der Waals surface area contributed by atoms with E-state index in [-0.39, 0.29) is 6.42 Å². The van der Waals surface area contributed by atoms with Gasteiger partial charge in [-0.15, -0.1) is 0 Å². The Morgan fingerprint density at radius 1 is 1.41 bits per heavy atom. The summed E-state index contributed by atoms with van der Waals surface area (Å²) in [6.45, 7) is 4.18. The molecular formula is C14H17NO2. The molecule has 0 aliphatic rings. The summed E-state index contributed by atoms with van der Waals surface area (Å²) in [4.78, 5) is 14.0. The summed E-state index contributed by atoms with van der Waals surface area (Å²) < 4.78 is 0. The van der Waals surface area contributed by atoms with Gasteiger partial charge in [-0.3, -0.25) is 4.79 Å². The topological polar surface area (TPSA) is 53.1 Å². The molecule has 0 radical (unpaired) electrons. The number of nitrogens with one attached hydrogen (secondary N) is 1. The van der Waals surface area contributed by atoms with E-state index in [4.69, 9.17) is 5.11 Å². The van der Waals surface area contributed by atoms with Crippen molar-refractivity contribution in [3.05, 3.63) is 35.0 Å². The fraction of sp³-hybridized carbons (Fsp3) is 0.357. The molecule has 0 fully saturated rings. The number of hydrogen-bond donors (Lipinski definition) is 2. The monoisotopic (exact) mass is 231 g/mol. The number of aryl methyl sites for hydroxylation is 3. The minimum absolute atomic E-state index is 0.176. The molecule has 0 aliphatic heterocycles. The van der Waals surface area contributed by atoms with Crippen molar-refractivity contribution in [2.45, 2.75) is 33.1 Å². The zero-order valence-corrected chi connectivity index (χ0v) is 10.2. The average molecular weight is 231 g/mol. The molecule has 2 rings (SSSR count). The van der Waals surface area contributed by atoms with E-state index < -0.39 is 5.97 Å². The third-order valence-corrected chi connectivity index (χ3v) is 3.25. The Labute approximate surface area is 100 Å². The number of hydrogen-bond acceptors (Lipinski definition) is 1. The molecule has 1 heterocycles. The van der Waals surface area contributed by atoms with Crippen LogP contribution in [0.2, 0.25) is 0 Å². The van der Waals surface area contributed by atoms with Crippen molar-refractivity contribution in [2.75, 3.05) is 0 Å². The minimum atomic E-state index is -0.751. The van der Waals surface area contributed by atoms with Gasteiger partial charge in [-0.25, -0.2) is 0 Å². The first kappa shape index (κ1) is 11.7. The van der Waals surface area contributed by atoms with Crippen LogP contribution < -0.4 is 0 Å². The maximum atomic E-state index is 10.6. The van der Waals surface area contributed by atoms with Crippen LogP contribution in [0.1, 0.15) is 30.2 Å². The quantitative estimate of drug-likeness (QED) is 0.849. The van der Waals surface area contributed by atoms with E-state index in [2.05, 4.69) is 37.0 Å². The second kappa shape index (κ2) is 4.62. The normalized spacial score (nSPS) is 10.9. The van der Waals surface area contributed by atoms with E-state index >= 15 is 0 Å². The van der Waals surface area contributed by atoms with Crippen molar-refractivity contribution in [1.82, 2.24) is 4.98 Å². The van der Waals surface area contributed by atoms with Crippen molar-refractivity contribution in [3.8, 4) is 0 Å². The third-order valence-electron chi connectivity index (χ3n) is 3.25. The molecular weight excluding hydrogens is 214 g/mol. The summed E-state index contributed by atoms with van der Waals surface area (Å²) in [7, 11) is 0. The Morgan fingerprint density at radius 3 is 2.82 bits per heavy atom. The van der Waals surface area contributed by atoms with Gasteiger partial charge < -0.3 is 10.1 Å². The minimum Gasteiger partial charge on any atom is -0.481 e. The van der Waals surface area contributed by atoms with Gasteiger partial charge in [0.2, 0.25) is 0 Å². The SMILES string of the molecule is CCc1cccc2c(C)c(CCC(=O)O)[nH]c12. The molecule has 1 aromatic heterocycles. The zero-order chi connectivity index (χ0) is 12.4. The Hall–Kier alpha value is -1.77. The first-order valence-electron chi connectivity index (χ1n) is 5.94. The third kappa shape index (κ3) is 2.18. The molecule has 0 atom stereocenters. The zero-order valence-electron chi connectivity index (χ0n) is 10.2. The number of H-pyrrole nitrogens is 1. The molecule has 0 saturated heterocycles. The lowest BCUT2D eigenvalue weighted by Crippen LogP contribution is -1.98. The second-order valence-electron chi connectivity index (χ2n) is 4.32. The molecule has 17 heavy (non-hydrogen) atoms. The second-order valence-corrected chi connectivity index (χ2v) is 4.32. The Bertz CT molecular complexity index is 555. The van der Waals surface area contributed by atoms with E-state index in [0.29, 0.717) is 6.42 Å². The molecule has 0 bridgehead atoms. The van der Waals surface area contributed by atoms with Crippen LogP contribution in [0.4, 0.5) is 0 Å². The Balaban J connectivity index is 2.45. The molecule has 0 aliphatic carbocycles. The summed E-state index contributed by atoms with van der Waals surface area (Å²) in [5.74, 6) is -0.751. The van der Waals surface area contributed by atoms with E-state index in [9.17, 15) is 4.79 Å². The summed E-state index contributed by atoms with van der Waals surface area (Å²) in [6.07, 6.45) is 1.73. The van der Waals surface area contributed by atoms with Crippen molar-refractivity contribution in [1.29, 1.82) is 0 Å². The summed E-state index contributed by atoms with van der Waals surface area (Å²) in [5, 5.41) is 9.94. The molecule has 2 aromatic rings. The average Bonchev–Trinajstić information content (AvgIpc) is 2.64. The van der Waals surface area contributed by atoms with E-state index in [1.54, 1.807) is 0 Å². The molecule has 0 saturated carbocycles. The number of aromatic amines is 1. The fourth-order valence-corrected chi connectivity index (χ4v) is 2.24. The Morgan fingerprint density at radius 2 is 2.18 bits per heavy atom. The summed E-state index contributed by atoms with van der Waals surface area (Å²) >= 11 is 0. The van der Waals surface area contributed by atoms with Crippen LogP contribution in [0.3, 0.4) is 0 Å².